The Labute approximate surface area is 118 Å². The molecule has 0 amide bonds. The van der Waals surface area contributed by atoms with E-state index >= 15 is 0 Å². The third kappa shape index (κ3) is 3.05. The Morgan fingerprint density at radius 1 is 1.28 bits per heavy atom. The maximum atomic E-state index is 12.4. The van der Waals surface area contributed by atoms with Crippen LogP contribution in [0.5, 0.6) is 0 Å². The summed E-state index contributed by atoms with van der Waals surface area (Å²) in [7, 11) is 0. The molecule has 0 bridgehead atoms. The number of piperidine rings is 1. The zero-order chi connectivity index (χ0) is 13.2. The highest BCUT2D eigenvalue weighted by atomic mass is 35.5. The molecule has 1 aromatic rings. The number of Topliss-reactive ketones (excluding diaryl/α,β-unsaturated/α-hetero) is 1. The van der Waals surface area contributed by atoms with Gasteiger partial charge in [0.05, 0.1) is 10.0 Å². The van der Waals surface area contributed by atoms with Gasteiger partial charge in [-0.25, -0.2) is 0 Å². The second-order valence-electron chi connectivity index (χ2n) is 5.16. The van der Waals surface area contributed by atoms with Gasteiger partial charge in [0.2, 0.25) is 0 Å². The van der Waals surface area contributed by atoms with Crippen LogP contribution < -0.4 is 5.32 Å². The molecule has 2 rings (SSSR count). The van der Waals surface area contributed by atoms with Crippen molar-refractivity contribution in [3.05, 3.63) is 33.8 Å². The van der Waals surface area contributed by atoms with Crippen molar-refractivity contribution >= 4 is 29.0 Å². The van der Waals surface area contributed by atoms with Gasteiger partial charge < -0.3 is 5.32 Å². The fourth-order valence-corrected chi connectivity index (χ4v) is 2.63. The van der Waals surface area contributed by atoms with Crippen molar-refractivity contribution in [2.45, 2.75) is 26.2 Å². The minimum Gasteiger partial charge on any atom is -0.317 e. The van der Waals surface area contributed by atoms with Gasteiger partial charge in [-0.05, 0) is 43.6 Å². The average Bonchev–Trinajstić information content (AvgIpc) is 2.35. The number of carbonyl (C=O) groups excluding carboxylic acids is 1. The van der Waals surface area contributed by atoms with E-state index < -0.39 is 0 Å². The SMILES string of the molecule is CC1(C(=O)Cc2ccc(Cl)c(Cl)c2)CCNCC1. The van der Waals surface area contributed by atoms with Crippen LogP contribution in [0.3, 0.4) is 0 Å². The lowest BCUT2D eigenvalue weighted by molar-refractivity contribution is -0.128. The average molecular weight is 286 g/mol. The van der Waals surface area contributed by atoms with E-state index in [4.69, 9.17) is 23.2 Å². The fraction of sp³-hybridized carbons (Fsp3) is 0.500. The molecule has 98 valence electrons. The van der Waals surface area contributed by atoms with Crippen LogP contribution >= 0.6 is 23.2 Å². The molecule has 1 aliphatic heterocycles. The molecule has 0 unspecified atom stereocenters. The van der Waals surface area contributed by atoms with Gasteiger partial charge in [-0.15, -0.1) is 0 Å². The van der Waals surface area contributed by atoms with E-state index in [2.05, 4.69) is 12.2 Å². The van der Waals surface area contributed by atoms with Crippen molar-refractivity contribution in [1.82, 2.24) is 5.32 Å². The van der Waals surface area contributed by atoms with Gasteiger partial charge in [0, 0.05) is 11.8 Å². The maximum absolute atomic E-state index is 12.4. The molecule has 1 saturated heterocycles. The summed E-state index contributed by atoms with van der Waals surface area (Å²) in [5.74, 6) is 0.294. The number of rotatable bonds is 3. The highest BCUT2D eigenvalue weighted by Crippen LogP contribution is 2.31. The van der Waals surface area contributed by atoms with Crippen LogP contribution in [0, 0.1) is 5.41 Å². The molecule has 1 heterocycles. The molecule has 0 aromatic heterocycles. The van der Waals surface area contributed by atoms with E-state index in [0.29, 0.717) is 22.2 Å². The summed E-state index contributed by atoms with van der Waals surface area (Å²) in [4.78, 5) is 12.4. The quantitative estimate of drug-likeness (QED) is 0.921. The molecular weight excluding hydrogens is 269 g/mol. The second kappa shape index (κ2) is 5.60. The Balaban J connectivity index is 2.08. The van der Waals surface area contributed by atoms with Gasteiger partial charge in [0.15, 0.2) is 0 Å². The smallest absolute Gasteiger partial charge is 0.143 e. The molecule has 4 heteroatoms. The summed E-state index contributed by atoms with van der Waals surface area (Å²) < 4.78 is 0. The van der Waals surface area contributed by atoms with E-state index in [1.54, 1.807) is 12.1 Å². The summed E-state index contributed by atoms with van der Waals surface area (Å²) in [5, 5.41) is 4.32. The Morgan fingerprint density at radius 2 is 1.94 bits per heavy atom. The first-order chi connectivity index (χ1) is 8.51. The van der Waals surface area contributed by atoms with Crippen LogP contribution in [0.1, 0.15) is 25.3 Å². The second-order valence-corrected chi connectivity index (χ2v) is 5.97. The Morgan fingerprint density at radius 3 is 2.56 bits per heavy atom. The molecule has 0 atom stereocenters. The minimum atomic E-state index is -0.197. The van der Waals surface area contributed by atoms with Gasteiger partial charge in [-0.3, -0.25) is 4.79 Å². The standard InChI is InChI=1S/C14H17Cl2NO/c1-14(4-6-17-7-5-14)13(18)9-10-2-3-11(15)12(16)8-10/h2-3,8,17H,4-7,9H2,1H3. The van der Waals surface area contributed by atoms with E-state index in [9.17, 15) is 4.79 Å². The van der Waals surface area contributed by atoms with Crippen molar-refractivity contribution in [3.8, 4) is 0 Å². The van der Waals surface area contributed by atoms with Crippen LogP contribution in [0.15, 0.2) is 18.2 Å². The number of hydrogen-bond acceptors (Lipinski definition) is 2. The van der Waals surface area contributed by atoms with Gasteiger partial charge in [-0.1, -0.05) is 36.2 Å². The Bertz CT molecular complexity index is 453. The lowest BCUT2D eigenvalue weighted by Gasteiger charge is -2.32. The third-order valence-corrected chi connectivity index (χ3v) is 4.47. The lowest BCUT2D eigenvalue weighted by Crippen LogP contribution is -2.40. The molecule has 0 saturated carbocycles. The molecule has 1 aliphatic rings. The van der Waals surface area contributed by atoms with E-state index in [1.807, 2.05) is 6.07 Å². The van der Waals surface area contributed by atoms with Crippen molar-refractivity contribution in [1.29, 1.82) is 0 Å². The van der Waals surface area contributed by atoms with Crippen LogP contribution in [0.25, 0.3) is 0 Å². The third-order valence-electron chi connectivity index (χ3n) is 3.73. The van der Waals surface area contributed by atoms with Crippen molar-refractivity contribution in [2.24, 2.45) is 5.41 Å². The molecule has 1 aromatic carbocycles. The fourth-order valence-electron chi connectivity index (χ4n) is 2.31. The molecule has 1 N–H and O–H groups in total. The van der Waals surface area contributed by atoms with Crippen LogP contribution in [-0.4, -0.2) is 18.9 Å². The topological polar surface area (TPSA) is 29.1 Å². The molecule has 0 spiro atoms. The first-order valence-corrected chi connectivity index (χ1v) is 6.95. The summed E-state index contributed by atoms with van der Waals surface area (Å²) in [5.41, 5.74) is 0.742. The maximum Gasteiger partial charge on any atom is 0.143 e. The Hall–Kier alpha value is -0.570. The van der Waals surface area contributed by atoms with Crippen LogP contribution in [0.2, 0.25) is 10.0 Å². The van der Waals surface area contributed by atoms with Gasteiger partial charge in [-0.2, -0.15) is 0 Å². The van der Waals surface area contributed by atoms with E-state index in [1.165, 1.54) is 0 Å². The van der Waals surface area contributed by atoms with E-state index in [-0.39, 0.29) is 5.41 Å². The van der Waals surface area contributed by atoms with Gasteiger partial charge in [0.25, 0.3) is 0 Å². The zero-order valence-corrected chi connectivity index (χ0v) is 11.9. The van der Waals surface area contributed by atoms with Gasteiger partial charge in [0.1, 0.15) is 5.78 Å². The van der Waals surface area contributed by atoms with Crippen LogP contribution in [-0.2, 0) is 11.2 Å². The highest BCUT2D eigenvalue weighted by molar-refractivity contribution is 6.42. The van der Waals surface area contributed by atoms with Gasteiger partial charge >= 0.3 is 0 Å². The predicted octanol–water partition coefficient (Wildman–Crippen LogP) is 3.49. The number of halogens is 2. The normalized spacial score (nSPS) is 18.6. The molecule has 1 fully saturated rings. The van der Waals surface area contributed by atoms with Crippen molar-refractivity contribution in [2.75, 3.05) is 13.1 Å². The molecule has 18 heavy (non-hydrogen) atoms. The minimum absolute atomic E-state index is 0.197. The molecule has 2 nitrogen and oxygen atoms in total. The predicted molar refractivity (Wildman–Crippen MR) is 75.4 cm³/mol. The van der Waals surface area contributed by atoms with Crippen LogP contribution in [0.4, 0.5) is 0 Å². The number of nitrogens with one attached hydrogen (secondary N) is 1. The summed E-state index contributed by atoms with van der Waals surface area (Å²) in [6, 6.07) is 5.40. The molecule has 0 aliphatic carbocycles. The summed E-state index contributed by atoms with van der Waals surface area (Å²) >= 11 is 11.8. The number of carbonyl (C=O) groups is 1. The Kier molecular flexibility index (Phi) is 4.31. The first-order valence-electron chi connectivity index (χ1n) is 6.19. The summed E-state index contributed by atoms with van der Waals surface area (Å²) in [6.45, 7) is 3.90. The van der Waals surface area contributed by atoms with Crippen molar-refractivity contribution < 1.29 is 4.79 Å². The van der Waals surface area contributed by atoms with Crippen molar-refractivity contribution in [3.63, 3.8) is 0 Å². The number of benzene rings is 1. The number of ketones is 1. The monoisotopic (exact) mass is 285 g/mol. The molecular formula is C14H17Cl2NO. The molecule has 0 radical (unpaired) electrons. The first kappa shape index (κ1) is 13.9. The number of hydrogen-bond donors (Lipinski definition) is 1. The zero-order valence-electron chi connectivity index (χ0n) is 10.4. The summed E-state index contributed by atoms with van der Waals surface area (Å²) in [6.07, 6.45) is 2.26. The lowest BCUT2D eigenvalue weighted by atomic mass is 9.75. The van der Waals surface area contributed by atoms with E-state index in [0.717, 1.165) is 31.5 Å². The largest absolute Gasteiger partial charge is 0.317 e. The highest BCUT2D eigenvalue weighted by Gasteiger charge is 2.33.